The number of aliphatic hydroxyl groups excluding tert-OH is 1. The van der Waals surface area contributed by atoms with E-state index in [1.165, 1.54) is 0 Å². The lowest BCUT2D eigenvalue weighted by Gasteiger charge is -2.31. The average Bonchev–Trinajstić information content (AvgIpc) is 2.42. The van der Waals surface area contributed by atoms with Crippen LogP contribution < -0.4 is 0 Å². The molecule has 0 spiro atoms. The normalized spacial score (nSPS) is 20.4. The molecule has 1 aliphatic rings. The highest BCUT2D eigenvalue weighted by atomic mass is 28.3. The third-order valence-corrected chi connectivity index (χ3v) is 9.56. The molecule has 0 aliphatic heterocycles. The van der Waals surface area contributed by atoms with Gasteiger partial charge in [-0.2, -0.15) is 0 Å². The van der Waals surface area contributed by atoms with E-state index in [1.54, 1.807) is 6.08 Å². The van der Waals surface area contributed by atoms with Crippen molar-refractivity contribution in [3.8, 4) is 11.5 Å². The highest BCUT2D eigenvalue weighted by molar-refractivity contribution is 6.87. The summed E-state index contributed by atoms with van der Waals surface area (Å²) in [6.07, 6.45) is 3.58. The second-order valence-electron chi connectivity index (χ2n) is 7.87. The lowest BCUT2D eigenvalue weighted by atomic mass is 9.85. The van der Waals surface area contributed by atoms with Gasteiger partial charge in [0.15, 0.2) is 5.78 Å². The first-order valence-electron chi connectivity index (χ1n) is 8.64. The first-order valence-corrected chi connectivity index (χ1v) is 11.6. The van der Waals surface area contributed by atoms with Crippen molar-refractivity contribution in [2.75, 3.05) is 6.61 Å². The van der Waals surface area contributed by atoms with Crippen molar-refractivity contribution in [2.24, 2.45) is 5.92 Å². The predicted molar refractivity (Wildman–Crippen MR) is 97.7 cm³/mol. The summed E-state index contributed by atoms with van der Waals surface area (Å²) < 4.78 is 5.39. The van der Waals surface area contributed by atoms with E-state index in [9.17, 15) is 9.90 Å². The minimum absolute atomic E-state index is 0.00967. The Bertz CT molecular complexity index is 503. The van der Waals surface area contributed by atoms with Crippen LogP contribution in [0.5, 0.6) is 0 Å². The summed E-state index contributed by atoms with van der Waals surface area (Å²) in [5.41, 5.74) is 3.45. The van der Waals surface area contributed by atoms with E-state index in [1.807, 2.05) is 6.92 Å². The van der Waals surface area contributed by atoms with Crippen molar-refractivity contribution >= 4 is 13.9 Å². The molecule has 0 amide bonds. The first-order chi connectivity index (χ1) is 10.6. The van der Waals surface area contributed by atoms with Crippen LogP contribution in [0, 0.1) is 17.4 Å². The fourth-order valence-electron chi connectivity index (χ4n) is 2.35. The summed E-state index contributed by atoms with van der Waals surface area (Å²) in [7, 11) is -1.58. The Labute approximate surface area is 142 Å². The number of hydrogen-bond donors (Lipinski definition) is 1. The van der Waals surface area contributed by atoms with Crippen LogP contribution in [-0.2, 0) is 9.53 Å². The molecule has 1 aliphatic carbocycles. The summed E-state index contributed by atoms with van der Waals surface area (Å²) in [6, 6.07) is 0. The monoisotopic (exact) mass is 336 g/mol. The molecule has 0 aromatic carbocycles. The number of carbonyl (C=O) groups excluding carboxylic acids is 1. The molecule has 1 rings (SSSR count). The molecule has 3 nitrogen and oxygen atoms in total. The number of ketones is 1. The zero-order valence-electron chi connectivity index (χ0n) is 15.5. The van der Waals surface area contributed by atoms with Crippen LogP contribution in [0.15, 0.2) is 11.8 Å². The molecule has 1 N–H and O–H groups in total. The Kier molecular flexibility index (Phi) is 7.10. The molecule has 23 heavy (non-hydrogen) atoms. The molecule has 130 valence electrons. The molecule has 0 saturated heterocycles. The molecule has 0 aromatic rings. The number of carbonyl (C=O) groups is 1. The van der Waals surface area contributed by atoms with Crippen LogP contribution >= 0.6 is 0 Å². The maximum Gasteiger partial charge on any atom is 0.164 e. The quantitative estimate of drug-likeness (QED) is 0.608. The molecule has 0 saturated carbocycles. The minimum Gasteiger partial charge on any atom is -0.498 e. The summed E-state index contributed by atoms with van der Waals surface area (Å²) in [4.78, 5) is 12.1. The van der Waals surface area contributed by atoms with Crippen LogP contribution in [0.3, 0.4) is 0 Å². The number of allylic oxidation sites excluding steroid dienone is 2. The lowest BCUT2D eigenvalue weighted by molar-refractivity contribution is -0.123. The lowest BCUT2D eigenvalue weighted by Crippen LogP contribution is -2.35. The van der Waals surface area contributed by atoms with Crippen LogP contribution in [0.2, 0.25) is 18.1 Å². The van der Waals surface area contributed by atoms with Crippen LogP contribution in [0.4, 0.5) is 0 Å². The Morgan fingerprint density at radius 2 is 2.09 bits per heavy atom. The molecule has 0 bridgehead atoms. The molecular formula is C19H32O3Si. The number of rotatable bonds is 5. The van der Waals surface area contributed by atoms with E-state index in [0.29, 0.717) is 25.9 Å². The van der Waals surface area contributed by atoms with Crippen molar-refractivity contribution in [1.29, 1.82) is 0 Å². The fourth-order valence-corrected chi connectivity index (χ4v) is 3.29. The van der Waals surface area contributed by atoms with E-state index >= 15 is 0 Å². The van der Waals surface area contributed by atoms with Crippen molar-refractivity contribution < 1.29 is 14.6 Å². The Morgan fingerprint density at radius 3 is 2.61 bits per heavy atom. The molecule has 0 fully saturated rings. The highest BCUT2D eigenvalue weighted by Gasteiger charge is 2.33. The zero-order valence-corrected chi connectivity index (χ0v) is 16.5. The molecule has 0 radical (unpaired) electrons. The Hall–Kier alpha value is -1.05. The van der Waals surface area contributed by atoms with Gasteiger partial charge < -0.3 is 9.84 Å². The van der Waals surface area contributed by atoms with Gasteiger partial charge in [-0.3, -0.25) is 4.79 Å². The molecule has 0 aromatic heterocycles. The largest absolute Gasteiger partial charge is 0.498 e. The molecule has 0 heterocycles. The summed E-state index contributed by atoms with van der Waals surface area (Å²) >= 11 is 0. The van der Waals surface area contributed by atoms with Crippen LogP contribution in [-0.4, -0.2) is 31.7 Å². The topological polar surface area (TPSA) is 46.5 Å². The van der Waals surface area contributed by atoms with E-state index in [2.05, 4.69) is 45.3 Å². The highest BCUT2D eigenvalue weighted by Crippen LogP contribution is 2.35. The van der Waals surface area contributed by atoms with Gasteiger partial charge in [0.2, 0.25) is 0 Å². The maximum absolute atomic E-state index is 12.1. The standard InChI is InChI=1S/C19H32O3Si/c1-7-22-15-11-12-16(18(21)14-15)17(20)10-8-9-13-23(5,6)19(2,3)4/h14,16-17,20H,7-8,10-12H2,1-6H3. The van der Waals surface area contributed by atoms with E-state index in [-0.39, 0.29) is 16.7 Å². The molecule has 4 heteroatoms. The van der Waals surface area contributed by atoms with Crippen molar-refractivity contribution in [2.45, 2.75) is 77.6 Å². The van der Waals surface area contributed by atoms with Gasteiger partial charge in [-0.25, -0.2) is 0 Å². The van der Waals surface area contributed by atoms with E-state index in [0.717, 1.165) is 12.2 Å². The average molecular weight is 337 g/mol. The van der Waals surface area contributed by atoms with Crippen molar-refractivity contribution in [3.05, 3.63) is 11.8 Å². The minimum atomic E-state index is -1.58. The zero-order chi connectivity index (χ0) is 17.7. The van der Waals surface area contributed by atoms with Crippen molar-refractivity contribution in [1.82, 2.24) is 0 Å². The van der Waals surface area contributed by atoms with Crippen molar-refractivity contribution in [3.63, 3.8) is 0 Å². The predicted octanol–water partition coefficient (Wildman–Crippen LogP) is 4.08. The fraction of sp³-hybridized carbons (Fsp3) is 0.737. The Morgan fingerprint density at radius 1 is 1.43 bits per heavy atom. The number of aliphatic hydroxyl groups is 1. The van der Waals surface area contributed by atoms with Gasteiger partial charge in [0.25, 0.3) is 0 Å². The van der Waals surface area contributed by atoms with Gasteiger partial charge in [-0.05, 0) is 24.8 Å². The summed E-state index contributed by atoms with van der Waals surface area (Å²) in [5.74, 6) is 3.69. The third-order valence-electron chi connectivity index (χ3n) is 5.01. The number of ether oxygens (including phenoxy) is 1. The first kappa shape index (κ1) is 20.0. The van der Waals surface area contributed by atoms with Gasteiger partial charge in [-0.15, -0.1) is 11.5 Å². The molecule has 2 atom stereocenters. The Balaban J connectivity index is 2.53. The second kappa shape index (κ2) is 8.17. The maximum atomic E-state index is 12.1. The van der Waals surface area contributed by atoms with Crippen LogP contribution in [0.1, 0.15) is 53.4 Å². The SMILES string of the molecule is CCOC1=CC(=O)C(C(O)CCC#C[Si](C)(C)C(C)(C)C)CC1. The van der Waals surface area contributed by atoms with Crippen LogP contribution in [0.25, 0.3) is 0 Å². The van der Waals surface area contributed by atoms with Gasteiger partial charge in [0, 0.05) is 24.8 Å². The second-order valence-corrected chi connectivity index (χ2v) is 12.9. The van der Waals surface area contributed by atoms with E-state index in [4.69, 9.17) is 4.74 Å². The third kappa shape index (κ3) is 5.82. The summed E-state index contributed by atoms with van der Waals surface area (Å²) in [5, 5.41) is 10.6. The summed E-state index contributed by atoms with van der Waals surface area (Å²) in [6.45, 7) is 13.8. The smallest absolute Gasteiger partial charge is 0.164 e. The van der Waals surface area contributed by atoms with Gasteiger partial charge in [-0.1, -0.05) is 33.9 Å². The molecular weight excluding hydrogens is 304 g/mol. The van der Waals surface area contributed by atoms with Gasteiger partial charge in [0.05, 0.1) is 18.5 Å². The molecule has 2 unspecified atom stereocenters. The van der Waals surface area contributed by atoms with E-state index < -0.39 is 14.2 Å². The van der Waals surface area contributed by atoms with Gasteiger partial charge >= 0.3 is 0 Å². The van der Waals surface area contributed by atoms with Gasteiger partial charge in [0.1, 0.15) is 8.07 Å². The number of hydrogen-bond acceptors (Lipinski definition) is 3.